The number of carboxylic acids is 1. The largest absolute Gasteiger partial charge is 0.478 e. The first kappa shape index (κ1) is 12.8. The van der Waals surface area contributed by atoms with E-state index in [1.807, 2.05) is 0 Å². The number of hydrogen-bond donors (Lipinski definition) is 2. The Morgan fingerprint density at radius 1 is 1.05 bits per heavy atom. The lowest BCUT2D eigenvalue weighted by Gasteiger charge is -2.08. The molecule has 0 heterocycles. The molecule has 0 spiro atoms. The molecule has 0 radical (unpaired) electrons. The van der Waals surface area contributed by atoms with E-state index >= 15 is 0 Å². The summed E-state index contributed by atoms with van der Waals surface area (Å²) in [5, 5.41) is 8.89. The minimum atomic E-state index is -1.20. The summed E-state index contributed by atoms with van der Waals surface area (Å²) in [6, 6.07) is 7.02. The molecule has 0 atom stereocenters. The molecule has 4 nitrogen and oxygen atoms in total. The third-order valence-electron chi connectivity index (χ3n) is 2.38. The van der Waals surface area contributed by atoms with Crippen LogP contribution in [0.3, 0.4) is 0 Å². The van der Waals surface area contributed by atoms with Gasteiger partial charge in [-0.1, -0.05) is 0 Å². The van der Waals surface area contributed by atoms with Crippen molar-refractivity contribution < 1.29 is 23.4 Å². The molecule has 0 aliphatic rings. The van der Waals surface area contributed by atoms with Crippen molar-refractivity contribution in [2.45, 2.75) is 0 Å². The van der Waals surface area contributed by atoms with Gasteiger partial charge in [0.1, 0.15) is 11.5 Å². The van der Waals surface area contributed by atoms with Crippen molar-refractivity contribution in [1.29, 1.82) is 0 Å². The number of benzene rings is 2. The van der Waals surface area contributed by atoms with E-state index < -0.39 is 17.6 Å². The lowest BCUT2D eigenvalue weighted by atomic mass is 10.2. The zero-order valence-electron chi connectivity index (χ0n) is 9.56. The van der Waals surface area contributed by atoms with E-state index in [0.29, 0.717) is 0 Å². The molecular formula is C13H9F2NO3. The number of aromatic carboxylic acids is 1. The lowest BCUT2D eigenvalue weighted by molar-refractivity contribution is 0.0697. The van der Waals surface area contributed by atoms with Gasteiger partial charge in [-0.15, -0.1) is 0 Å². The number of rotatable bonds is 3. The maximum Gasteiger partial charge on any atom is 0.337 e. The topological polar surface area (TPSA) is 72.5 Å². The molecule has 2 aromatic carbocycles. The van der Waals surface area contributed by atoms with Gasteiger partial charge >= 0.3 is 5.97 Å². The van der Waals surface area contributed by atoms with Crippen LogP contribution in [0, 0.1) is 11.6 Å². The summed E-state index contributed by atoms with van der Waals surface area (Å²) >= 11 is 0. The van der Waals surface area contributed by atoms with E-state index in [4.69, 9.17) is 15.6 Å². The quantitative estimate of drug-likeness (QED) is 0.836. The van der Waals surface area contributed by atoms with Crippen LogP contribution in [-0.2, 0) is 0 Å². The van der Waals surface area contributed by atoms with Crippen LogP contribution in [0.5, 0.6) is 11.5 Å². The summed E-state index contributed by atoms with van der Waals surface area (Å²) in [5.74, 6) is -3.02. The monoisotopic (exact) mass is 265 g/mol. The molecule has 0 aliphatic carbocycles. The number of nitrogen functional groups attached to an aromatic ring is 1. The summed E-state index contributed by atoms with van der Waals surface area (Å²) in [6.45, 7) is 0. The Bertz CT molecular complexity index is 644. The highest BCUT2D eigenvalue weighted by atomic mass is 19.2. The second-order valence-corrected chi connectivity index (χ2v) is 3.73. The van der Waals surface area contributed by atoms with Crippen LogP contribution in [-0.4, -0.2) is 11.1 Å². The van der Waals surface area contributed by atoms with Gasteiger partial charge in [0.2, 0.25) is 0 Å². The highest BCUT2D eigenvalue weighted by Crippen LogP contribution is 2.26. The predicted molar refractivity (Wildman–Crippen MR) is 64.2 cm³/mol. The van der Waals surface area contributed by atoms with Crippen molar-refractivity contribution in [2.75, 3.05) is 5.73 Å². The Kier molecular flexibility index (Phi) is 3.33. The van der Waals surface area contributed by atoms with Gasteiger partial charge in [-0.3, -0.25) is 0 Å². The van der Waals surface area contributed by atoms with Crippen molar-refractivity contribution in [2.24, 2.45) is 0 Å². The molecule has 0 fully saturated rings. The third-order valence-corrected chi connectivity index (χ3v) is 2.38. The Hall–Kier alpha value is -2.63. The summed E-state index contributed by atoms with van der Waals surface area (Å²) in [4.78, 5) is 10.9. The van der Waals surface area contributed by atoms with Crippen LogP contribution < -0.4 is 10.5 Å². The number of ether oxygens (including phenoxy) is 1. The lowest BCUT2D eigenvalue weighted by Crippen LogP contribution is -2.02. The van der Waals surface area contributed by atoms with Gasteiger partial charge in [-0.05, 0) is 30.3 Å². The van der Waals surface area contributed by atoms with E-state index in [1.165, 1.54) is 24.3 Å². The highest BCUT2D eigenvalue weighted by Gasteiger charge is 2.10. The number of carbonyl (C=O) groups is 1. The average molecular weight is 265 g/mol. The number of hydrogen-bond acceptors (Lipinski definition) is 3. The Morgan fingerprint density at radius 2 is 1.68 bits per heavy atom. The van der Waals surface area contributed by atoms with E-state index in [-0.39, 0.29) is 22.7 Å². The highest BCUT2D eigenvalue weighted by molar-refractivity contribution is 5.94. The van der Waals surface area contributed by atoms with E-state index in [9.17, 15) is 13.6 Å². The van der Waals surface area contributed by atoms with Gasteiger partial charge in [0, 0.05) is 11.8 Å². The fourth-order valence-corrected chi connectivity index (χ4v) is 1.46. The molecule has 0 aromatic heterocycles. The Morgan fingerprint density at radius 3 is 2.32 bits per heavy atom. The molecule has 6 heteroatoms. The van der Waals surface area contributed by atoms with Crippen LogP contribution in [0.25, 0.3) is 0 Å². The molecule has 3 N–H and O–H groups in total. The summed E-state index contributed by atoms with van der Waals surface area (Å²) < 4.78 is 31.0. The van der Waals surface area contributed by atoms with Crippen molar-refractivity contribution >= 4 is 11.7 Å². The maximum atomic E-state index is 13.0. The van der Waals surface area contributed by atoms with Crippen molar-refractivity contribution in [3.05, 3.63) is 53.6 Å². The molecule has 2 rings (SSSR count). The number of nitrogens with two attached hydrogens (primary N) is 1. The number of anilines is 1. The first-order chi connectivity index (χ1) is 8.97. The SMILES string of the molecule is Nc1ccc(Oc2ccc(F)c(F)c2)cc1C(=O)O. The zero-order valence-corrected chi connectivity index (χ0v) is 9.56. The molecule has 0 saturated carbocycles. The van der Waals surface area contributed by atoms with Crippen molar-refractivity contribution in [1.82, 2.24) is 0 Å². The van der Waals surface area contributed by atoms with Crippen LogP contribution in [0.2, 0.25) is 0 Å². The number of carboxylic acid groups (broad SMARTS) is 1. The van der Waals surface area contributed by atoms with E-state index in [1.54, 1.807) is 0 Å². The molecule has 0 saturated heterocycles. The van der Waals surface area contributed by atoms with Gasteiger partial charge in [-0.2, -0.15) is 0 Å². The Balaban J connectivity index is 2.30. The summed E-state index contributed by atoms with van der Waals surface area (Å²) in [6.07, 6.45) is 0. The van der Waals surface area contributed by atoms with Gasteiger partial charge in [-0.25, -0.2) is 13.6 Å². The standard InChI is InChI=1S/C13H9F2NO3/c14-10-3-1-8(6-11(10)15)19-7-2-4-12(16)9(5-7)13(17)18/h1-6H,16H2,(H,17,18). The molecular weight excluding hydrogens is 256 g/mol. The fraction of sp³-hybridized carbons (Fsp3) is 0. The van der Waals surface area contributed by atoms with Crippen LogP contribution in [0.1, 0.15) is 10.4 Å². The minimum Gasteiger partial charge on any atom is -0.478 e. The van der Waals surface area contributed by atoms with Crippen molar-refractivity contribution in [3.8, 4) is 11.5 Å². The normalized spacial score (nSPS) is 10.2. The van der Waals surface area contributed by atoms with Crippen molar-refractivity contribution in [3.63, 3.8) is 0 Å². The summed E-state index contributed by atoms with van der Waals surface area (Å²) in [5.41, 5.74) is 5.44. The van der Waals surface area contributed by atoms with Crippen LogP contribution in [0.15, 0.2) is 36.4 Å². The number of halogens is 2. The van der Waals surface area contributed by atoms with Crippen LogP contribution >= 0.6 is 0 Å². The van der Waals surface area contributed by atoms with E-state index in [0.717, 1.165) is 12.1 Å². The molecule has 2 aromatic rings. The molecule has 0 bridgehead atoms. The second-order valence-electron chi connectivity index (χ2n) is 3.73. The first-order valence-corrected chi connectivity index (χ1v) is 5.23. The van der Waals surface area contributed by atoms with Crippen LogP contribution in [0.4, 0.5) is 14.5 Å². The summed E-state index contributed by atoms with van der Waals surface area (Å²) in [7, 11) is 0. The molecule has 0 amide bonds. The third kappa shape index (κ3) is 2.79. The van der Waals surface area contributed by atoms with Gasteiger partial charge in [0.05, 0.1) is 5.56 Å². The van der Waals surface area contributed by atoms with Gasteiger partial charge in [0.25, 0.3) is 0 Å². The molecule has 0 aliphatic heterocycles. The molecule has 98 valence electrons. The minimum absolute atomic E-state index is 0.0556. The smallest absolute Gasteiger partial charge is 0.337 e. The second kappa shape index (κ2) is 4.93. The molecule has 0 unspecified atom stereocenters. The van der Waals surface area contributed by atoms with Gasteiger partial charge in [0.15, 0.2) is 11.6 Å². The van der Waals surface area contributed by atoms with Gasteiger partial charge < -0.3 is 15.6 Å². The average Bonchev–Trinajstić information content (AvgIpc) is 2.36. The molecule has 19 heavy (non-hydrogen) atoms. The maximum absolute atomic E-state index is 13.0. The Labute approximate surface area is 107 Å². The first-order valence-electron chi connectivity index (χ1n) is 5.23. The van der Waals surface area contributed by atoms with E-state index in [2.05, 4.69) is 0 Å². The zero-order chi connectivity index (χ0) is 14.0. The fourth-order valence-electron chi connectivity index (χ4n) is 1.46. The predicted octanol–water partition coefficient (Wildman–Crippen LogP) is 3.04.